The zero-order chi connectivity index (χ0) is 13.1. The van der Waals surface area contributed by atoms with Crippen molar-refractivity contribution in [1.82, 2.24) is 0 Å². The molecule has 0 aliphatic heterocycles. The van der Waals surface area contributed by atoms with Crippen LogP contribution in [0.3, 0.4) is 0 Å². The lowest BCUT2D eigenvalue weighted by atomic mass is 9.82. The van der Waals surface area contributed by atoms with Crippen LogP contribution in [0, 0.1) is 5.92 Å². The average molecular weight is 238 g/mol. The maximum absolute atomic E-state index is 10.6. The summed E-state index contributed by atoms with van der Waals surface area (Å²) in [6.07, 6.45) is 0.909. The molecule has 3 heteroatoms. The van der Waals surface area contributed by atoms with Gasteiger partial charge in [-0.05, 0) is 30.5 Å². The smallest absolute Gasteiger partial charge is 0.122 e. The van der Waals surface area contributed by atoms with E-state index in [1.165, 1.54) is 0 Å². The van der Waals surface area contributed by atoms with Gasteiger partial charge in [0.15, 0.2) is 0 Å². The van der Waals surface area contributed by atoms with E-state index < -0.39 is 5.60 Å². The van der Waals surface area contributed by atoms with Gasteiger partial charge in [0.1, 0.15) is 11.5 Å². The minimum absolute atomic E-state index is 0.166. The molecule has 0 bridgehead atoms. The first-order valence-electron chi connectivity index (χ1n) is 5.91. The Labute approximate surface area is 103 Å². The molecule has 0 amide bonds. The second-order valence-corrected chi connectivity index (χ2v) is 4.56. The van der Waals surface area contributed by atoms with Crippen molar-refractivity contribution in [2.75, 3.05) is 14.2 Å². The average Bonchev–Trinajstić information content (AvgIpc) is 2.36. The van der Waals surface area contributed by atoms with Crippen LogP contribution in [0.5, 0.6) is 11.5 Å². The largest absolute Gasteiger partial charge is 0.497 e. The summed E-state index contributed by atoms with van der Waals surface area (Å²) in [5.74, 6) is 1.56. The Balaban J connectivity index is 3.20. The Bertz CT molecular complexity index is 349. The Morgan fingerprint density at radius 1 is 1.18 bits per heavy atom. The first-order valence-corrected chi connectivity index (χ1v) is 5.91. The molecule has 2 atom stereocenters. The maximum Gasteiger partial charge on any atom is 0.122 e. The SMILES string of the molecule is CCC(C)C(C)(O)c1cc(OC)cc(OC)c1. The van der Waals surface area contributed by atoms with Crippen LogP contribution in [0.4, 0.5) is 0 Å². The summed E-state index contributed by atoms with van der Waals surface area (Å²) >= 11 is 0. The first-order chi connectivity index (χ1) is 7.95. The van der Waals surface area contributed by atoms with Crippen molar-refractivity contribution < 1.29 is 14.6 Å². The van der Waals surface area contributed by atoms with Crippen LogP contribution in [0.25, 0.3) is 0 Å². The molecule has 0 aliphatic rings. The van der Waals surface area contributed by atoms with Gasteiger partial charge in [-0.25, -0.2) is 0 Å². The number of ether oxygens (including phenoxy) is 2. The van der Waals surface area contributed by atoms with Gasteiger partial charge >= 0.3 is 0 Å². The highest BCUT2D eigenvalue weighted by atomic mass is 16.5. The van der Waals surface area contributed by atoms with E-state index in [0.29, 0.717) is 11.5 Å². The van der Waals surface area contributed by atoms with Crippen molar-refractivity contribution in [1.29, 1.82) is 0 Å². The van der Waals surface area contributed by atoms with Crippen LogP contribution in [-0.2, 0) is 5.60 Å². The van der Waals surface area contributed by atoms with E-state index >= 15 is 0 Å². The number of methoxy groups -OCH3 is 2. The second kappa shape index (κ2) is 5.41. The predicted octanol–water partition coefficient (Wildman–Crippen LogP) is 2.96. The summed E-state index contributed by atoms with van der Waals surface area (Å²) in [7, 11) is 3.22. The third kappa shape index (κ3) is 2.91. The van der Waals surface area contributed by atoms with Gasteiger partial charge in [-0.15, -0.1) is 0 Å². The molecule has 96 valence electrons. The third-order valence-electron chi connectivity index (χ3n) is 3.51. The van der Waals surface area contributed by atoms with Gasteiger partial charge in [-0.1, -0.05) is 20.3 Å². The third-order valence-corrected chi connectivity index (χ3v) is 3.51. The van der Waals surface area contributed by atoms with Crippen molar-refractivity contribution in [3.8, 4) is 11.5 Å². The van der Waals surface area contributed by atoms with Crippen molar-refractivity contribution in [3.63, 3.8) is 0 Å². The molecule has 1 rings (SSSR count). The zero-order valence-corrected chi connectivity index (χ0v) is 11.3. The molecule has 1 aromatic carbocycles. The minimum Gasteiger partial charge on any atom is -0.497 e. The highest BCUT2D eigenvalue weighted by Crippen LogP contribution is 2.35. The number of hydrogen-bond donors (Lipinski definition) is 1. The van der Waals surface area contributed by atoms with Crippen molar-refractivity contribution in [2.24, 2.45) is 5.92 Å². The molecular formula is C14H22O3. The number of aliphatic hydroxyl groups is 1. The normalized spacial score (nSPS) is 16.1. The molecule has 0 saturated heterocycles. The quantitative estimate of drug-likeness (QED) is 0.857. The maximum atomic E-state index is 10.6. The van der Waals surface area contributed by atoms with E-state index in [1.54, 1.807) is 20.3 Å². The van der Waals surface area contributed by atoms with Crippen molar-refractivity contribution >= 4 is 0 Å². The first kappa shape index (κ1) is 13.8. The molecule has 1 aromatic rings. The fourth-order valence-electron chi connectivity index (χ4n) is 1.78. The lowest BCUT2D eigenvalue weighted by molar-refractivity contribution is -0.000320. The van der Waals surface area contributed by atoms with Gasteiger partial charge in [0.05, 0.1) is 19.8 Å². The lowest BCUT2D eigenvalue weighted by Crippen LogP contribution is -2.29. The molecule has 0 heterocycles. The van der Waals surface area contributed by atoms with Crippen molar-refractivity contribution in [2.45, 2.75) is 32.8 Å². The number of rotatable bonds is 5. The summed E-state index contributed by atoms with van der Waals surface area (Å²) in [6, 6.07) is 5.51. The molecule has 0 aliphatic carbocycles. The fourth-order valence-corrected chi connectivity index (χ4v) is 1.78. The predicted molar refractivity (Wildman–Crippen MR) is 68.6 cm³/mol. The molecule has 1 N–H and O–H groups in total. The highest BCUT2D eigenvalue weighted by molar-refractivity contribution is 5.41. The minimum atomic E-state index is -0.878. The van der Waals surface area contributed by atoms with Crippen LogP contribution < -0.4 is 9.47 Å². The van der Waals surface area contributed by atoms with E-state index in [0.717, 1.165) is 12.0 Å². The molecule has 0 aromatic heterocycles. The highest BCUT2D eigenvalue weighted by Gasteiger charge is 2.30. The summed E-state index contributed by atoms with van der Waals surface area (Å²) < 4.78 is 10.4. The summed E-state index contributed by atoms with van der Waals surface area (Å²) in [4.78, 5) is 0. The van der Waals surface area contributed by atoms with Crippen LogP contribution >= 0.6 is 0 Å². The van der Waals surface area contributed by atoms with Gasteiger partial charge < -0.3 is 14.6 Å². The van der Waals surface area contributed by atoms with E-state index in [-0.39, 0.29) is 5.92 Å². The summed E-state index contributed by atoms with van der Waals surface area (Å²) in [6.45, 7) is 5.93. The van der Waals surface area contributed by atoms with Gasteiger partial charge in [0, 0.05) is 6.07 Å². The molecule has 2 unspecified atom stereocenters. The summed E-state index contributed by atoms with van der Waals surface area (Å²) in [5, 5.41) is 10.6. The zero-order valence-electron chi connectivity index (χ0n) is 11.3. The topological polar surface area (TPSA) is 38.7 Å². The molecule has 0 spiro atoms. The Morgan fingerprint density at radius 3 is 2.00 bits per heavy atom. The number of benzene rings is 1. The van der Waals surface area contributed by atoms with E-state index in [1.807, 2.05) is 26.0 Å². The Hall–Kier alpha value is -1.22. The van der Waals surface area contributed by atoms with Gasteiger partial charge in [0.2, 0.25) is 0 Å². The van der Waals surface area contributed by atoms with Gasteiger partial charge in [-0.2, -0.15) is 0 Å². The Kier molecular flexibility index (Phi) is 4.40. The van der Waals surface area contributed by atoms with E-state index in [2.05, 4.69) is 6.92 Å². The monoisotopic (exact) mass is 238 g/mol. The van der Waals surface area contributed by atoms with Crippen LogP contribution in [-0.4, -0.2) is 19.3 Å². The van der Waals surface area contributed by atoms with E-state index in [9.17, 15) is 5.11 Å². The molecule has 0 fully saturated rings. The summed E-state index contributed by atoms with van der Waals surface area (Å²) in [5.41, 5.74) is -0.0561. The lowest BCUT2D eigenvalue weighted by Gasteiger charge is -2.30. The molecule has 3 nitrogen and oxygen atoms in total. The molecule has 0 saturated carbocycles. The molecule has 0 radical (unpaired) electrons. The molecular weight excluding hydrogens is 216 g/mol. The molecule has 17 heavy (non-hydrogen) atoms. The van der Waals surface area contributed by atoms with Crippen LogP contribution in [0.2, 0.25) is 0 Å². The van der Waals surface area contributed by atoms with Crippen LogP contribution in [0.1, 0.15) is 32.8 Å². The fraction of sp³-hybridized carbons (Fsp3) is 0.571. The van der Waals surface area contributed by atoms with Gasteiger partial charge in [-0.3, -0.25) is 0 Å². The second-order valence-electron chi connectivity index (χ2n) is 4.56. The van der Waals surface area contributed by atoms with Gasteiger partial charge in [0.25, 0.3) is 0 Å². The van der Waals surface area contributed by atoms with E-state index in [4.69, 9.17) is 9.47 Å². The standard InChI is InChI=1S/C14H22O3/c1-6-10(2)14(3,15)11-7-12(16-4)9-13(8-11)17-5/h7-10,15H,6H2,1-5H3. The van der Waals surface area contributed by atoms with Crippen molar-refractivity contribution in [3.05, 3.63) is 23.8 Å². The Morgan fingerprint density at radius 2 is 1.65 bits per heavy atom. The van der Waals surface area contributed by atoms with Crippen LogP contribution in [0.15, 0.2) is 18.2 Å². The number of hydrogen-bond acceptors (Lipinski definition) is 3.